The van der Waals surface area contributed by atoms with Gasteiger partial charge in [-0.3, -0.25) is 14.2 Å². The highest BCUT2D eigenvalue weighted by Gasteiger charge is 2.25. The number of fused-ring (bicyclic) bond motifs is 1. The van der Waals surface area contributed by atoms with E-state index in [2.05, 4.69) is 9.97 Å². The van der Waals surface area contributed by atoms with Crippen molar-refractivity contribution in [2.45, 2.75) is 26.8 Å². The summed E-state index contributed by atoms with van der Waals surface area (Å²) in [5.41, 5.74) is 2.19. The van der Waals surface area contributed by atoms with Crippen molar-refractivity contribution in [1.82, 2.24) is 14.5 Å². The van der Waals surface area contributed by atoms with Crippen LogP contribution in [0.1, 0.15) is 25.5 Å². The minimum Gasteiger partial charge on any atom is -0.474 e. The van der Waals surface area contributed by atoms with Gasteiger partial charge in [0.15, 0.2) is 5.65 Å². The maximum atomic E-state index is 13.1. The lowest BCUT2D eigenvalue weighted by atomic mass is 10.2. The van der Waals surface area contributed by atoms with E-state index in [1.165, 1.54) is 4.57 Å². The molecule has 0 fully saturated rings. The summed E-state index contributed by atoms with van der Waals surface area (Å²) in [6, 6.07) is 10.3. The molecule has 0 spiro atoms. The van der Waals surface area contributed by atoms with Crippen LogP contribution < -0.4 is 15.2 Å². The number of hydrogen-bond acceptors (Lipinski definition) is 5. The molecule has 0 aliphatic heterocycles. The van der Waals surface area contributed by atoms with Crippen molar-refractivity contribution >= 4 is 22.8 Å². The summed E-state index contributed by atoms with van der Waals surface area (Å²) in [5.74, 6) is -0.265. The Morgan fingerprint density at radius 2 is 2.07 bits per heavy atom. The number of aromatic nitrogens is 3. The Hall–Kier alpha value is -3.22. The second-order valence-corrected chi connectivity index (χ2v) is 6.28. The lowest BCUT2D eigenvalue weighted by Crippen LogP contribution is -2.38. The minimum atomic E-state index is -0.775. The summed E-state index contributed by atoms with van der Waals surface area (Å²) in [5, 5.41) is 0. The maximum Gasteiger partial charge on any atom is 0.315 e. The second kappa shape index (κ2) is 7.57. The zero-order valence-electron chi connectivity index (χ0n) is 15.8. The zero-order chi connectivity index (χ0) is 19.6. The molecule has 2 heterocycles. The molecule has 0 bridgehead atoms. The van der Waals surface area contributed by atoms with Crippen molar-refractivity contribution in [2.75, 3.05) is 18.6 Å². The SMILES string of the molecule is CCOc1nc2cccnc2n(C(C)C(=O)N(C)c2cccc(C)c2)c1=O. The standard InChI is InChI=1S/C20H22N4O3/c1-5-27-18-20(26)24(17-16(22-18)10-7-11-21-17)14(3)19(25)23(4)15-9-6-8-13(2)12-15/h6-12,14H,5H2,1-4H3. The van der Waals surface area contributed by atoms with E-state index in [-0.39, 0.29) is 11.8 Å². The number of hydrogen-bond donors (Lipinski definition) is 0. The Bertz CT molecular complexity index is 1040. The zero-order valence-corrected chi connectivity index (χ0v) is 15.8. The quantitative estimate of drug-likeness (QED) is 0.694. The van der Waals surface area contributed by atoms with Gasteiger partial charge in [-0.1, -0.05) is 12.1 Å². The molecule has 1 unspecified atom stereocenters. The van der Waals surface area contributed by atoms with Crippen molar-refractivity contribution in [2.24, 2.45) is 0 Å². The number of anilines is 1. The van der Waals surface area contributed by atoms with Crippen LogP contribution in [0.3, 0.4) is 0 Å². The average molecular weight is 366 g/mol. The molecule has 0 radical (unpaired) electrons. The summed E-state index contributed by atoms with van der Waals surface area (Å²) in [6.07, 6.45) is 1.57. The van der Waals surface area contributed by atoms with Crippen LogP contribution in [0.25, 0.3) is 11.2 Å². The summed E-state index contributed by atoms with van der Waals surface area (Å²) in [4.78, 5) is 36.0. The molecule has 3 aromatic rings. The van der Waals surface area contributed by atoms with Crippen LogP contribution in [-0.2, 0) is 4.79 Å². The molecule has 27 heavy (non-hydrogen) atoms. The lowest BCUT2D eigenvalue weighted by Gasteiger charge is -2.24. The number of carbonyl (C=O) groups excluding carboxylic acids is 1. The van der Waals surface area contributed by atoms with Gasteiger partial charge in [-0.25, -0.2) is 9.97 Å². The predicted octanol–water partition coefficient (Wildman–Crippen LogP) is 2.72. The summed E-state index contributed by atoms with van der Waals surface area (Å²) >= 11 is 0. The van der Waals surface area contributed by atoms with Crippen LogP contribution in [0, 0.1) is 6.92 Å². The van der Waals surface area contributed by atoms with Crippen LogP contribution >= 0.6 is 0 Å². The van der Waals surface area contributed by atoms with E-state index >= 15 is 0 Å². The predicted molar refractivity (Wildman–Crippen MR) is 104 cm³/mol. The van der Waals surface area contributed by atoms with E-state index in [9.17, 15) is 9.59 Å². The van der Waals surface area contributed by atoms with Crippen LogP contribution in [0.15, 0.2) is 47.4 Å². The highest BCUT2D eigenvalue weighted by atomic mass is 16.5. The molecule has 0 saturated carbocycles. The summed E-state index contributed by atoms with van der Waals surface area (Å²) in [7, 11) is 1.69. The first kappa shape index (κ1) is 18.6. The third-order valence-electron chi connectivity index (χ3n) is 4.36. The molecule has 140 valence electrons. The molecule has 1 amide bonds. The van der Waals surface area contributed by atoms with Gasteiger partial charge in [0.25, 0.3) is 5.88 Å². The molecule has 0 N–H and O–H groups in total. The van der Waals surface area contributed by atoms with Gasteiger partial charge in [-0.05, 0) is 50.6 Å². The molecule has 0 saturated heterocycles. The van der Waals surface area contributed by atoms with Crippen LogP contribution in [0.2, 0.25) is 0 Å². The molecule has 3 rings (SSSR count). The minimum absolute atomic E-state index is 0.0316. The number of amides is 1. The Morgan fingerprint density at radius 1 is 1.30 bits per heavy atom. The normalized spacial score (nSPS) is 12.0. The van der Waals surface area contributed by atoms with E-state index in [1.807, 2.05) is 31.2 Å². The summed E-state index contributed by atoms with van der Waals surface area (Å²) < 4.78 is 6.73. The van der Waals surface area contributed by atoms with E-state index in [0.29, 0.717) is 17.8 Å². The van der Waals surface area contributed by atoms with E-state index in [4.69, 9.17) is 4.74 Å². The average Bonchev–Trinajstić information content (AvgIpc) is 2.67. The van der Waals surface area contributed by atoms with Crippen LogP contribution in [0.4, 0.5) is 5.69 Å². The Morgan fingerprint density at radius 3 is 2.78 bits per heavy atom. The Labute approximate surface area is 157 Å². The third kappa shape index (κ3) is 3.53. The van der Waals surface area contributed by atoms with Gasteiger partial charge in [-0.2, -0.15) is 0 Å². The number of nitrogens with zero attached hydrogens (tertiary/aromatic N) is 4. The van der Waals surface area contributed by atoms with Gasteiger partial charge < -0.3 is 9.64 Å². The maximum absolute atomic E-state index is 13.1. The molecular weight excluding hydrogens is 344 g/mol. The molecule has 0 aliphatic rings. The van der Waals surface area contributed by atoms with Gasteiger partial charge in [0.05, 0.1) is 6.61 Å². The van der Waals surface area contributed by atoms with Gasteiger partial charge in [-0.15, -0.1) is 0 Å². The van der Waals surface area contributed by atoms with Crippen molar-refractivity contribution in [3.05, 3.63) is 58.5 Å². The first-order valence-electron chi connectivity index (χ1n) is 8.78. The molecule has 1 atom stereocenters. The first-order chi connectivity index (χ1) is 12.9. The number of carbonyl (C=O) groups is 1. The van der Waals surface area contributed by atoms with Crippen LogP contribution in [-0.4, -0.2) is 34.1 Å². The van der Waals surface area contributed by atoms with Crippen molar-refractivity contribution < 1.29 is 9.53 Å². The molecular formula is C20H22N4O3. The Kier molecular flexibility index (Phi) is 5.21. The summed E-state index contributed by atoms with van der Waals surface area (Å²) in [6.45, 7) is 5.73. The van der Waals surface area contributed by atoms with E-state index in [1.54, 1.807) is 44.1 Å². The van der Waals surface area contributed by atoms with E-state index in [0.717, 1.165) is 11.3 Å². The largest absolute Gasteiger partial charge is 0.474 e. The molecule has 1 aromatic carbocycles. The topological polar surface area (TPSA) is 77.3 Å². The smallest absolute Gasteiger partial charge is 0.315 e. The molecule has 7 heteroatoms. The van der Waals surface area contributed by atoms with Gasteiger partial charge in [0.2, 0.25) is 5.91 Å². The third-order valence-corrected chi connectivity index (χ3v) is 4.36. The fourth-order valence-corrected chi connectivity index (χ4v) is 2.96. The molecule has 0 aliphatic carbocycles. The second-order valence-electron chi connectivity index (χ2n) is 6.28. The lowest BCUT2D eigenvalue weighted by molar-refractivity contribution is -0.121. The molecule has 7 nitrogen and oxygen atoms in total. The van der Waals surface area contributed by atoms with Crippen LogP contribution in [0.5, 0.6) is 5.88 Å². The van der Waals surface area contributed by atoms with Crippen molar-refractivity contribution in [3.8, 4) is 5.88 Å². The van der Waals surface area contributed by atoms with E-state index < -0.39 is 11.6 Å². The number of benzene rings is 1. The number of aryl methyl sites for hydroxylation is 1. The number of rotatable bonds is 5. The van der Waals surface area contributed by atoms with Gasteiger partial charge >= 0.3 is 5.56 Å². The fraction of sp³-hybridized carbons (Fsp3) is 0.300. The Balaban J connectivity index is 2.09. The van der Waals surface area contributed by atoms with Gasteiger partial charge in [0, 0.05) is 18.9 Å². The number of pyridine rings is 1. The van der Waals surface area contributed by atoms with Crippen molar-refractivity contribution in [1.29, 1.82) is 0 Å². The first-order valence-corrected chi connectivity index (χ1v) is 8.78. The van der Waals surface area contributed by atoms with Crippen molar-refractivity contribution in [3.63, 3.8) is 0 Å². The number of ether oxygens (including phenoxy) is 1. The molecule has 2 aromatic heterocycles. The highest BCUT2D eigenvalue weighted by Crippen LogP contribution is 2.21. The van der Waals surface area contributed by atoms with Gasteiger partial charge in [0.1, 0.15) is 11.6 Å². The number of likely N-dealkylation sites (N-methyl/N-ethyl adjacent to an activating group) is 1. The fourth-order valence-electron chi connectivity index (χ4n) is 2.96. The highest BCUT2D eigenvalue weighted by molar-refractivity contribution is 5.96. The monoisotopic (exact) mass is 366 g/mol.